The van der Waals surface area contributed by atoms with Crippen molar-refractivity contribution < 1.29 is 13.2 Å². The molecule has 0 aromatic heterocycles. The molecule has 0 heterocycles. The number of nitrogens with zero attached hydrogens (tertiary/aromatic N) is 1. The highest BCUT2D eigenvalue weighted by Gasteiger charge is 2.34. The van der Waals surface area contributed by atoms with Gasteiger partial charge in [-0.15, -0.1) is 0 Å². The van der Waals surface area contributed by atoms with E-state index in [1.165, 1.54) is 12.1 Å². The molecule has 0 atom stereocenters. The molecule has 2 rings (SSSR count). The predicted molar refractivity (Wildman–Crippen MR) is 66.7 cm³/mol. The lowest BCUT2D eigenvalue weighted by Crippen LogP contribution is -2.24. The summed E-state index contributed by atoms with van der Waals surface area (Å²) in [5.41, 5.74) is -0.642. The van der Waals surface area contributed by atoms with Gasteiger partial charge in [-0.25, -0.2) is 0 Å². The van der Waals surface area contributed by atoms with Crippen molar-refractivity contribution in [2.45, 2.75) is 44.3 Å². The number of nitriles is 1. The molecule has 1 fully saturated rings. The Morgan fingerprint density at radius 3 is 2.42 bits per heavy atom. The number of nitrogens with one attached hydrogen (secondary N) is 1. The van der Waals surface area contributed by atoms with Gasteiger partial charge < -0.3 is 5.32 Å². The fourth-order valence-electron chi connectivity index (χ4n) is 2.44. The second kappa shape index (κ2) is 5.52. The summed E-state index contributed by atoms with van der Waals surface area (Å²) in [6, 6.07) is 5.52. The van der Waals surface area contributed by atoms with Gasteiger partial charge in [0, 0.05) is 11.7 Å². The standard InChI is InChI=1S/C14H15F3N2/c15-14(16,17)12-8-10(9-18)6-7-13(12)19-11-4-2-1-3-5-11/h6-8,11,19H,1-5H2. The maximum absolute atomic E-state index is 13.0. The molecule has 1 saturated carbocycles. The molecule has 1 aliphatic rings. The molecule has 0 amide bonds. The fraction of sp³-hybridized carbons (Fsp3) is 0.500. The molecule has 19 heavy (non-hydrogen) atoms. The molecule has 102 valence electrons. The van der Waals surface area contributed by atoms with Crippen LogP contribution in [0.1, 0.15) is 43.2 Å². The Morgan fingerprint density at radius 1 is 1.16 bits per heavy atom. The van der Waals surface area contributed by atoms with Crippen LogP contribution in [0.15, 0.2) is 18.2 Å². The SMILES string of the molecule is N#Cc1ccc(NC2CCCCC2)c(C(F)(F)F)c1. The van der Waals surface area contributed by atoms with Crippen molar-refractivity contribution in [3.05, 3.63) is 29.3 Å². The van der Waals surface area contributed by atoms with Crippen LogP contribution in [0.25, 0.3) is 0 Å². The second-order valence-electron chi connectivity index (χ2n) is 4.85. The molecule has 0 saturated heterocycles. The van der Waals surface area contributed by atoms with E-state index >= 15 is 0 Å². The maximum Gasteiger partial charge on any atom is 0.418 e. The lowest BCUT2D eigenvalue weighted by Gasteiger charge is -2.25. The lowest BCUT2D eigenvalue weighted by atomic mass is 9.95. The van der Waals surface area contributed by atoms with Crippen LogP contribution in [0.5, 0.6) is 0 Å². The van der Waals surface area contributed by atoms with Gasteiger partial charge in [0.2, 0.25) is 0 Å². The van der Waals surface area contributed by atoms with E-state index in [1.54, 1.807) is 6.07 Å². The lowest BCUT2D eigenvalue weighted by molar-refractivity contribution is -0.137. The van der Waals surface area contributed by atoms with Crippen molar-refractivity contribution in [1.29, 1.82) is 5.26 Å². The Balaban J connectivity index is 2.26. The minimum atomic E-state index is -4.44. The monoisotopic (exact) mass is 268 g/mol. The first kappa shape index (κ1) is 13.7. The van der Waals surface area contributed by atoms with Crippen LogP contribution in [0.4, 0.5) is 18.9 Å². The Bertz CT molecular complexity index is 482. The van der Waals surface area contributed by atoms with Crippen molar-refractivity contribution in [3.8, 4) is 6.07 Å². The highest BCUT2D eigenvalue weighted by atomic mass is 19.4. The summed E-state index contributed by atoms with van der Waals surface area (Å²) < 4.78 is 38.9. The van der Waals surface area contributed by atoms with Crippen molar-refractivity contribution in [2.24, 2.45) is 0 Å². The minimum absolute atomic E-state index is 0.0292. The summed E-state index contributed by atoms with van der Waals surface area (Å²) in [7, 11) is 0. The quantitative estimate of drug-likeness (QED) is 0.867. The van der Waals surface area contributed by atoms with Crippen molar-refractivity contribution in [3.63, 3.8) is 0 Å². The Morgan fingerprint density at radius 2 is 1.84 bits per heavy atom. The fourth-order valence-corrected chi connectivity index (χ4v) is 2.44. The zero-order chi connectivity index (χ0) is 13.9. The van der Waals surface area contributed by atoms with Crippen molar-refractivity contribution in [1.82, 2.24) is 0 Å². The van der Waals surface area contributed by atoms with Gasteiger partial charge in [-0.1, -0.05) is 19.3 Å². The third-order valence-corrected chi connectivity index (χ3v) is 3.42. The number of alkyl halides is 3. The van der Waals surface area contributed by atoms with Crippen LogP contribution in [-0.2, 0) is 6.18 Å². The number of hydrogen-bond donors (Lipinski definition) is 1. The molecule has 0 unspecified atom stereocenters. The highest BCUT2D eigenvalue weighted by molar-refractivity contribution is 5.56. The number of hydrogen-bond acceptors (Lipinski definition) is 2. The third-order valence-electron chi connectivity index (χ3n) is 3.42. The van der Waals surface area contributed by atoms with E-state index < -0.39 is 11.7 Å². The average Bonchev–Trinajstić information content (AvgIpc) is 2.39. The Kier molecular flexibility index (Phi) is 3.98. The first-order chi connectivity index (χ1) is 9.00. The van der Waals surface area contributed by atoms with Crippen molar-refractivity contribution >= 4 is 5.69 Å². The molecule has 0 spiro atoms. The van der Waals surface area contributed by atoms with Gasteiger partial charge in [0.05, 0.1) is 17.2 Å². The van der Waals surface area contributed by atoms with Gasteiger partial charge >= 0.3 is 6.18 Å². The largest absolute Gasteiger partial charge is 0.418 e. The molecule has 2 nitrogen and oxygen atoms in total. The normalized spacial score (nSPS) is 16.9. The first-order valence-electron chi connectivity index (χ1n) is 6.38. The summed E-state index contributed by atoms with van der Waals surface area (Å²) in [6.07, 6.45) is 0.612. The van der Waals surface area contributed by atoms with Gasteiger partial charge in [0.1, 0.15) is 0 Å². The molecule has 1 aliphatic carbocycles. The van der Waals surface area contributed by atoms with Gasteiger partial charge in [-0.2, -0.15) is 18.4 Å². The first-order valence-corrected chi connectivity index (χ1v) is 6.38. The van der Waals surface area contributed by atoms with E-state index in [2.05, 4.69) is 5.32 Å². The second-order valence-corrected chi connectivity index (χ2v) is 4.85. The zero-order valence-electron chi connectivity index (χ0n) is 10.4. The van der Waals surface area contributed by atoms with E-state index in [1.807, 2.05) is 0 Å². The number of rotatable bonds is 2. The van der Waals surface area contributed by atoms with Crippen LogP contribution in [-0.4, -0.2) is 6.04 Å². The van der Waals surface area contributed by atoms with Gasteiger partial charge in [-0.3, -0.25) is 0 Å². The van der Waals surface area contributed by atoms with Gasteiger partial charge in [-0.05, 0) is 31.0 Å². The molecule has 1 aromatic carbocycles. The maximum atomic E-state index is 13.0. The van der Waals surface area contributed by atoms with E-state index in [9.17, 15) is 13.2 Å². The molecule has 5 heteroatoms. The smallest absolute Gasteiger partial charge is 0.382 e. The van der Waals surface area contributed by atoms with Crippen LogP contribution >= 0.6 is 0 Å². The van der Waals surface area contributed by atoms with Gasteiger partial charge in [0.15, 0.2) is 0 Å². The number of anilines is 1. The highest BCUT2D eigenvalue weighted by Crippen LogP contribution is 2.36. The summed E-state index contributed by atoms with van der Waals surface area (Å²) in [5, 5.41) is 11.7. The van der Waals surface area contributed by atoms with Crippen LogP contribution in [0.3, 0.4) is 0 Å². The molecule has 1 aromatic rings. The molecule has 1 N–H and O–H groups in total. The molecule has 0 bridgehead atoms. The third kappa shape index (κ3) is 3.40. The van der Waals surface area contributed by atoms with E-state index in [-0.39, 0.29) is 17.3 Å². The topological polar surface area (TPSA) is 35.8 Å². The Labute approximate surface area is 110 Å². The summed E-state index contributed by atoms with van der Waals surface area (Å²) >= 11 is 0. The molecular weight excluding hydrogens is 253 g/mol. The minimum Gasteiger partial charge on any atom is -0.382 e. The van der Waals surface area contributed by atoms with Gasteiger partial charge in [0.25, 0.3) is 0 Å². The van der Waals surface area contributed by atoms with Crippen LogP contribution in [0, 0.1) is 11.3 Å². The number of halogens is 3. The molecule has 0 radical (unpaired) electrons. The summed E-state index contributed by atoms with van der Waals surface area (Å²) in [4.78, 5) is 0. The zero-order valence-corrected chi connectivity index (χ0v) is 10.4. The average molecular weight is 268 g/mol. The van der Waals surface area contributed by atoms with Crippen LogP contribution < -0.4 is 5.32 Å². The van der Waals surface area contributed by atoms with Crippen LogP contribution in [0.2, 0.25) is 0 Å². The summed E-state index contributed by atoms with van der Waals surface area (Å²) in [5.74, 6) is 0. The Hall–Kier alpha value is -1.70. The molecular formula is C14H15F3N2. The predicted octanol–water partition coefficient (Wildman–Crippen LogP) is 4.32. The van der Waals surface area contributed by atoms with E-state index in [0.717, 1.165) is 38.2 Å². The summed E-state index contributed by atoms with van der Waals surface area (Å²) in [6.45, 7) is 0. The molecule has 0 aliphatic heterocycles. The number of benzene rings is 1. The van der Waals surface area contributed by atoms with E-state index in [4.69, 9.17) is 5.26 Å². The van der Waals surface area contributed by atoms with E-state index in [0.29, 0.717) is 0 Å². The van der Waals surface area contributed by atoms with Crippen molar-refractivity contribution in [2.75, 3.05) is 5.32 Å².